The second-order valence-corrected chi connectivity index (χ2v) is 4.95. The van der Waals surface area contributed by atoms with E-state index in [1.54, 1.807) is 25.1 Å². The van der Waals surface area contributed by atoms with Crippen LogP contribution in [0.1, 0.15) is 12.5 Å². The molecule has 0 fully saturated rings. The van der Waals surface area contributed by atoms with Crippen LogP contribution in [0.5, 0.6) is 0 Å². The van der Waals surface area contributed by atoms with Gasteiger partial charge in [-0.2, -0.15) is 0 Å². The molecule has 0 bridgehead atoms. The molecule has 0 spiro atoms. The summed E-state index contributed by atoms with van der Waals surface area (Å²) in [5.41, 5.74) is 6.00. The number of carbonyl (C=O) groups is 1. The first-order valence-corrected chi connectivity index (χ1v) is 6.34. The van der Waals surface area contributed by atoms with Gasteiger partial charge in [0, 0.05) is 23.1 Å². The van der Waals surface area contributed by atoms with Gasteiger partial charge in [-0.15, -0.1) is 6.58 Å². The maximum atomic E-state index is 13.6. The minimum absolute atomic E-state index is 0.178. The summed E-state index contributed by atoms with van der Waals surface area (Å²) in [4.78, 5) is 13.3. The molecule has 1 aromatic rings. The molecule has 0 aliphatic rings. The van der Waals surface area contributed by atoms with Crippen molar-refractivity contribution in [1.29, 1.82) is 0 Å². The molecule has 1 atom stereocenters. The van der Waals surface area contributed by atoms with E-state index >= 15 is 0 Å². The Labute approximate surface area is 115 Å². The standard InChI is InChI=1S/C13H16BrFN2O/c1-3-6-17(13(18)9(2)16)8-10-7-11(14)4-5-12(10)15/h3-5,7,9H,1,6,8,16H2,2H3/t9-/m0/s1. The highest BCUT2D eigenvalue weighted by atomic mass is 79.9. The zero-order chi connectivity index (χ0) is 13.7. The number of nitrogens with zero attached hydrogens (tertiary/aromatic N) is 1. The minimum Gasteiger partial charge on any atom is -0.333 e. The van der Waals surface area contributed by atoms with E-state index in [1.165, 1.54) is 11.0 Å². The normalized spacial score (nSPS) is 12.0. The van der Waals surface area contributed by atoms with Crippen LogP contribution in [-0.4, -0.2) is 23.4 Å². The number of hydrogen-bond acceptors (Lipinski definition) is 2. The van der Waals surface area contributed by atoms with Crippen molar-refractivity contribution in [2.24, 2.45) is 5.73 Å². The topological polar surface area (TPSA) is 46.3 Å². The Balaban J connectivity index is 2.92. The molecule has 0 aliphatic heterocycles. The summed E-state index contributed by atoms with van der Waals surface area (Å²) < 4.78 is 14.4. The highest BCUT2D eigenvalue weighted by Gasteiger charge is 2.18. The second kappa shape index (κ2) is 6.66. The molecule has 0 aliphatic carbocycles. The van der Waals surface area contributed by atoms with E-state index in [-0.39, 0.29) is 18.3 Å². The molecule has 0 unspecified atom stereocenters. The Morgan fingerprint density at radius 1 is 1.67 bits per heavy atom. The van der Waals surface area contributed by atoms with Gasteiger partial charge in [0.25, 0.3) is 0 Å². The summed E-state index contributed by atoms with van der Waals surface area (Å²) in [7, 11) is 0. The molecule has 0 aromatic heterocycles. The monoisotopic (exact) mass is 314 g/mol. The molecule has 2 N–H and O–H groups in total. The van der Waals surface area contributed by atoms with E-state index in [4.69, 9.17) is 5.73 Å². The molecule has 3 nitrogen and oxygen atoms in total. The number of amides is 1. The highest BCUT2D eigenvalue weighted by molar-refractivity contribution is 9.10. The molecule has 98 valence electrons. The Morgan fingerprint density at radius 2 is 2.33 bits per heavy atom. The van der Waals surface area contributed by atoms with Crippen LogP contribution in [-0.2, 0) is 11.3 Å². The Morgan fingerprint density at radius 3 is 2.89 bits per heavy atom. The number of benzene rings is 1. The lowest BCUT2D eigenvalue weighted by Gasteiger charge is -2.23. The van der Waals surface area contributed by atoms with Gasteiger partial charge in [0.1, 0.15) is 5.82 Å². The summed E-state index contributed by atoms with van der Waals surface area (Å²) in [6.45, 7) is 5.71. The Bertz CT molecular complexity index is 449. The molecule has 1 rings (SSSR count). The van der Waals surface area contributed by atoms with Crippen LogP contribution in [0.3, 0.4) is 0 Å². The van der Waals surface area contributed by atoms with Crippen molar-refractivity contribution < 1.29 is 9.18 Å². The lowest BCUT2D eigenvalue weighted by molar-refractivity contribution is -0.132. The molecular weight excluding hydrogens is 299 g/mol. The third kappa shape index (κ3) is 3.92. The average molecular weight is 315 g/mol. The van der Waals surface area contributed by atoms with Crippen molar-refractivity contribution in [2.75, 3.05) is 6.54 Å². The van der Waals surface area contributed by atoms with Crippen LogP contribution in [0.15, 0.2) is 35.3 Å². The maximum Gasteiger partial charge on any atom is 0.239 e. The van der Waals surface area contributed by atoms with Gasteiger partial charge in [-0.3, -0.25) is 4.79 Å². The van der Waals surface area contributed by atoms with Gasteiger partial charge in [0.15, 0.2) is 0 Å². The third-order valence-corrected chi connectivity index (χ3v) is 2.91. The zero-order valence-corrected chi connectivity index (χ0v) is 11.8. The van der Waals surface area contributed by atoms with Gasteiger partial charge >= 0.3 is 0 Å². The lowest BCUT2D eigenvalue weighted by Crippen LogP contribution is -2.41. The van der Waals surface area contributed by atoms with Crippen LogP contribution in [0.2, 0.25) is 0 Å². The zero-order valence-electron chi connectivity index (χ0n) is 10.2. The fourth-order valence-corrected chi connectivity index (χ4v) is 1.95. The SMILES string of the molecule is C=CCN(Cc1cc(Br)ccc1F)C(=O)[C@H](C)N. The van der Waals surface area contributed by atoms with E-state index in [2.05, 4.69) is 22.5 Å². The quantitative estimate of drug-likeness (QED) is 0.849. The fourth-order valence-electron chi connectivity index (χ4n) is 1.55. The van der Waals surface area contributed by atoms with Crippen molar-refractivity contribution in [3.8, 4) is 0 Å². The third-order valence-electron chi connectivity index (χ3n) is 2.42. The second-order valence-electron chi connectivity index (χ2n) is 4.03. The van der Waals surface area contributed by atoms with E-state index in [1.807, 2.05) is 0 Å². The van der Waals surface area contributed by atoms with Gasteiger partial charge in [0.05, 0.1) is 6.04 Å². The first kappa shape index (κ1) is 14.9. The predicted octanol–water partition coefficient (Wildman–Crippen LogP) is 2.45. The van der Waals surface area contributed by atoms with Crippen LogP contribution in [0, 0.1) is 5.82 Å². The van der Waals surface area contributed by atoms with Crippen molar-refractivity contribution in [3.05, 3.63) is 46.7 Å². The number of hydrogen-bond donors (Lipinski definition) is 1. The maximum absolute atomic E-state index is 13.6. The van der Waals surface area contributed by atoms with E-state index in [9.17, 15) is 9.18 Å². The van der Waals surface area contributed by atoms with E-state index in [0.717, 1.165) is 4.47 Å². The molecule has 0 radical (unpaired) electrons. The summed E-state index contributed by atoms with van der Waals surface area (Å²) in [5.74, 6) is -0.570. The first-order chi connectivity index (χ1) is 8.45. The first-order valence-electron chi connectivity index (χ1n) is 5.55. The number of rotatable bonds is 5. The minimum atomic E-state index is -0.611. The molecule has 1 amide bonds. The van der Waals surface area contributed by atoms with Gasteiger partial charge in [-0.1, -0.05) is 22.0 Å². The molecule has 0 heterocycles. The number of halogens is 2. The van der Waals surface area contributed by atoms with Gasteiger partial charge < -0.3 is 10.6 Å². The van der Waals surface area contributed by atoms with Crippen LogP contribution in [0.4, 0.5) is 4.39 Å². The largest absolute Gasteiger partial charge is 0.333 e. The summed E-state index contributed by atoms with van der Waals surface area (Å²) in [6.07, 6.45) is 1.59. The van der Waals surface area contributed by atoms with Crippen molar-refractivity contribution in [1.82, 2.24) is 4.90 Å². The highest BCUT2D eigenvalue weighted by Crippen LogP contribution is 2.17. The molecule has 0 saturated carbocycles. The van der Waals surface area contributed by atoms with Crippen molar-refractivity contribution in [3.63, 3.8) is 0 Å². The van der Waals surface area contributed by atoms with Crippen LogP contribution < -0.4 is 5.73 Å². The number of nitrogens with two attached hydrogens (primary N) is 1. The number of carbonyl (C=O) groups excluding carboxylic acids is 1. The lowest BCUT2D eigenvalue weighted by atomic mass is 10.2. The van der Waals surface area contributed by atoms with Gasteiger partial charge in [-0.05, 0) is 25.1 Å². The summed E-state index contributed by atoms with van der Waals surface area (Å²) >= 11 is 3.28. The van der Waals surface area contributed by atoms with Crippen LogP contribution >= 0.6 is 15.9 Å². The molecule has 0 saturated heterocycles. The van der Waals surface area contributed by atoms with Crippen LogP contribution in [0.25, 0.3) is 0 Å². The molecule has 5 heteroatoms. The van der Waals surface area contributed by atoms with E-state index in [0.29, 0.717) is 12.1 Å². The van der Waals surface area contributed by atoms with Crippen molar-refractivity contribution in [2.45, 2.75) is 19.5 Å². The molecule has 18 heavy (non-hydrogen) atoms. The Kier molecular flexibility index (Phi) is 5.50. The van der Waals surface area contributed by atoms with E-state index < -0.39 is 6.04 Å². The Hall–Kier alpha value is -1.20. The predicted molar refractivity (Wildman–Crippen MR) is 73.4 cm³/mol. The summed E-state index contributed by atoms with van der Waals surface area (Å²) in [6, 6.07) is 4.02. The van der Waals surface area contributed by atoms with Crippen molar-refractivity contribution >= 4 is 21.8 Å². The smallest absolute Gasteiger partial charge is 0.239 e. The van der Waals surface area contributed by atoms with Gasteiger partial charge in [-0.25, -0.2) is 4.39 Å². The summed E-state index contributed by atoms with van der Waals surface area (Å²) in [5, 5.41) is 0. The average Bonchev–Trinajstić information content (AvgIpc) is 2.32. The molecular formula is C13H16BrFN2O. The fraction of sp³-hybridized carbons (Fsp3) is 0.308. The molecule has 1 aromatic carbocycles. The van der Waals surface area contributed by atoms with Gasteiger partial charge in [0.2, 0.25) is 5.91 Å².